The van der Waals surface area contributed by atoms with Gasteiger partial charge >= 0.3 is 0 Å². The van der Waals surface area contributed by atoms with Crippen molar-refractivity contribution in [2.24, 2.45) is 0 Å². The van der Waals surface area contributed by atoms with E-state index in [0.717, 1.165) is 0 Å². The second-order valence-corrected chi connectivity index (χ2v) is 7.87. The van der Waals surface area contributed by atoms with Gasteiger partial charge in [-0.2, -0.15) is 10.4 Å². The maximum Gasteiger partial charge on any atom is 0.276 e. The van der Waals surface area contributed by atoms with Gasteiger partial charge in [0.2, 0.25) is 5.43 Å². The molecule has 2 heterocycles. The fourth-order valence-electron chi connectivity index (χ4n) is 3.58. The third-order valence-electron chi connectivity index (χ3n) is 5.51. The molecule has 172 valence electrons. The van der Waals surface area contributed by atoms with Gasteiger partial charge in [-0.15, -0.1) is 0 Å². The number of nitrogens with one attached hydrogen (secondary N) is 1. The first-order chi connectivity index (χ1) is 16.2. The fraction of sp³-hybridized carbons (Fsp3) is 0.208. The van der Waals surface area contributed by atoms with E-state index in [0.29, 0.717) is 33.9 Å². The number of nitrogens with zero attached hydrogens (tertiary/aromatic N) is 4. The third kappa shape index (κ3) is 4.11. The maximum absolute atomic E-state index is 14.1. The van der Waals surface area contributed by atoms with E-state index >= 15 is 0 Å². The Balaban J connectivity index is 1.63. The topological polar surface area (TPSA) is 117 Å². The van der Waals surface area contributed by atoms with Gasteiger partial charge in [0.15, 0.2) is 5.69 Å². The number of aromatic nitrogens is 2. The summed E-state index contributed by atoms with van der Waals surface area (Å²) in [5.41, 5.74) is 0.900. The first-order valence-electron chi connectivity index (χ1n) is 10.3. The molecular formula is C24H20FN5O4. The lowest BCUT2D eigenvalue weighted by Crippen LogP contribution is -2.50. The lowest BCUT2D eigenvalue weighted by molar-refractivity contribution is -0.120. The molecule has 0 unspecified atom stereocenters. The highest BCUT2D eigenvalue weighted by Gasteiger charge is 2.32. The molecule has 0 aliphatic carbocycles. The Labute approximate surface area is 194 Å². The van der Waals surface area contributed by atoms with Gasteiger partial charge in [-0.1, -0.05) is 6.07 Å². The van der Waals surface area contributed by atoms with E-state index < -0.39 is 34.8 Å². The highest BCUT2D eigenvalue weighted by Crippen LogP contribution is 2.31. The van der Waals surface area contributed by atoms with Gasteiger partial charge in [-0.05, 0) is 43.7 Å². The average Bonchev–Trinajstić information content (AvgIpc) is 2.92. The number of likely N-dealkylation sites (N-methyl/N-ethyl adjacent to an activating group) is 1. The Morgan fingerprint density at radius 2 is 1.97 bits per heavy atom. The average molecular weight is 461 g/mol. The number of hydrogen-bond donors (Lipinski definition) is 1. The van der Waals surface area contributed by atoms with Gasteiger partial charge in [0.05, 0.1) is 23.0 Å². The van der Waals surface area contributed by atoms with E-state index in [1.54, 1.807) is 38.1 Å². The molecule has 2 amide bonds. The molecule has 0 radical (unpaired) electrons. The summed E-state index contributed by atoms with van der Waals surface area (Å²) in [6.45, 7) is 3.02. The van der Waals surface area contributed by atoms with Crippen molar-refractivity contribution < 1.29 is 18.7 Å². The van der Waals surface area contributed by atoms with Crippen LogP contribution in [0.3, 0.4) is 0 Å². The third-order valence-corrected chi connectivity index (χ3v) is 5.51. The first-order valence-corrected chi connectivity index (χ1v) is 10.3. The second kappa shape index (κ2) is 8.78. The quantitative estimate of drug-likeness (QED) is 0.638. The molecule has 34 heavy (non-hydrogen) atoms. The van der Waals surface area contributed by atoms with E-state index in [9.17, 15) is 18.8 Å². The Kier molecular flexibility index (Phi) is 5.86. The number of ether oxygens (including phenoxy) is 1. The second-order valence-electron chi connectivity index (χ2n) is 7.87. The van der Waals surface area contributed by atoms with Crippen LogP contribution in [-0.4, -0.2) is 41.3 Å². The number of anilines is 1. The number of amides is 2. The highest BCUT2D eigenvalue weighted by atomic mass is 19.1. The SMILES string of the molecule is Cc1ccc(-n2nc(C(=O)N[C@H]3COc4cc(C#N)ccc4N(C)C3=O)c(=O)cc2C)cc1F. The Morgan fingerprint density at radius 1 is 1.21 bits per heavy atom. The van der Waals surface area contributed by atoms with Crippen molar-refractivity contribution in [2.75, 3.05) is 18.6 Å². The van der Waals surface area contributed by atoms with Crippen LogP contribution in [0, 0.1) is 31.0 Å². The van der Waals surface area contributed by atoms with Gasteiger partial charge in [0.1, 0.15) is 24.2 Å². The van der Waals surface area contributed by atoms with Crippen LogP contribution in [0.1, 0.15) is 27.3 Å². The Bertz CT molecular complexity index is 1430. The van der Waals surface area contributed by atoms with Crippen LogP contribution in [-0.2, 0) is 4.79 Å². The summed E-state index contributed by atoms with van der Waals surface area (Å²) in [5, 5.41) is 15.7. The summed E-state index contributed by atoms with van der Waals surface area (Å²) < 4.78 is 21.0. The van der Waals surface area contributed by atoms with Gasteiger partial charge in [-0.25, -0.2) is 9.07 Å². The number of carbonyl (C=O) groups is 2. The van der Waals surface area contributed by atoms with Crippen LogP contribution >= 0.6 is 0 Å². The first kappa shape index (κ1) is 22.7. The lowest BCUT2D eigenvalue weighted by atomic mass is 10.2. The van der Waals surface area contributed by atoms with Crippen LogP contribution in [0.4, 0.5) is 10.1 Å². The van der Waals surface area contributed by atoms with Crippen molar-refractivity contribution in [1.82, 2.24) is 15.1 Å². The highest BCUT2D eigenvalue weighted by molar-refractivity contribution is 6.02. The zero-order valence-corrected chi connectivity index (χ0v) is 18.6. The standard InChI is InChI=1S/C24H20FN5O4/c1-13-4-6-16(10-17(13)25)30-14(2)8-20(31)22(28-30)23(32)27-18-12-34-21-9-15(11-26)5-7-19(21)29(3)24(18)33/h4-10,18H,12H2,1-3H3,(H,27,32)/t18-/m0/s1. The smallest absolute Gasteiger partial charge is 0.276 e. The van der Waals surface area contributed by atoms with Crippen molar-refractivity contribution in [1.29, 1.82) is 5.26 Å². The summed E-state index contributed by atoms with van der Waals surface area (Å²) in [5.74, 6) is -1.47. The summed E-state index contributed by atoms with van der Waals surface area (Å²) in [6.07, 6.45) is 0. The van der Waals surface area contributed by atoms with Crippen molar-refractivity contribution in [2.45, 2.75) is 19.9 Å². The number of benzene rings is 2. The number of aryl methyl sites for hydroxylation is 2. The van der Waals surface area contributed by atoms with Crippen LogP contribution < -0.4 is 20.4 Å². The normalized spacial score (nSPS) is 15.1. The van der Waals surface area contributed by atoms with Gasteiger partial charge in [-0.3, -0.25) is 14.4 Å². The summed E-state index contributed by atoms with van der Waals surface area (Å²) in [4.78, 5) is 39.7. The van der Waals surface area contributed by atoms with E-state index in [1.165, 1.54) is 34.8 Å². The number of carbonyl (C=O) groups excluding carboxylic acids is 2. The minimum absolute atomic E-state index is 0.208. The Morgan fingerprint density at radius 3 is 2.68 bits per heavy atom. The Hall–Kier alpha value is -4.52. The molecule has 0 spiro atoms. The van der Waals surface area contributed by atoms with Crippen molar-refractivity contribution in [3.63, 3.8) is 0 Å². The molecule has 0 saturated carbocycles. The molecular weight excluding hydrogens is 441 g/mol. The lowest BCUT2D eigenvalue weighted by Gasteiger charge is -2.20. The van der Waals surface area contributed by atoms with E-state index in [-0.39, 0.29) is 6.61 Å². The fourth-order valence-corrected chi connectivity index (χ4v) is 3.58. The van der Waals surface area contributed by atoms with Gasteiger partial charge < -0.3 is 15.0 Å². The predicted octanol–water partition coefficient (Wildman–Crippen LogP) is 2.01. The van der Waals surface area contributed by atoms with Crippen LogP contribution in [0.5, 0.6) is 5.75 Å². The van der Waals surface area contributed by atoms with Crippen molar-refractivity contribution in [3.05, 3.63) is 81.0 Å². The molecule has 4 rings (SSSR count). The predicted molar refractivity (Wildman–Crippen MR) is 121 cm³/mol. The summed E-state index contributed by atoms with van der Waals surface area (Å²) in [7, 11) is 1.52. The molecule has 1 aliphatic heterocycles. The minimum Gasteiger partial charge on any atom is -0.489 e. The van der Waals surface area contributed by atoms with E-state index in [1.807, 2.05) is 6.07 Å². The van der Waals surface area contributed by atoms with Crippen LogP contribution in [0.2, 0.25) is 0 Å². The number of halogens is 1. The molecule has 0 bridgehead atoms. The largest absolute Gasteiger partial charge is 0.489 e. The number of nitriles is 1. The van der Waals surface area contributed by atoms with Gasteiger partial charge in [0.25, 0.3) is 11.8 Å². The number of rotatable bonds is 3. The zero-order valence-electron chi connectivity index (χ0n) is 18.6. The molecule has 3 aromatic rings. The molecule has 1 aromatic heterocycles. The van der Waals surface area contributed by atoms with Crippen LogP contribution in [0.15, 0.2) is 47.3 Å². The van der Waals surface area contributed by atoms with Crippen molar-refractivity contribution >= 4 is 17.5 Å². The van der Waals surface area contributed by atoms with Crippen molar-refractivity contribution in [3.8, 4) is 17.5 Å². The molecule has 1 N–H and O–H groups in total. The van der Waals surface area contributed by atoms with E-state index in [2.05, 4.69) is 10.4 Å². The molecule has 2 aromatic carbocycles. The number of hydrogen-bond acceptors (Lipinski definition) is 6. The molecule has 0 saturated heterocycles. The molecule has 9 nitrogen and oxygen atoms in total. The zero-order chi connectivity index (χ0) is 24.6. The minimum atomic E-state index is -1.11. The molecule has 10 heteroatoms. The monoisotopic (exact) mass is 461 g/mol. The van der Waals surface area contributed by atoms with E-state index in [4.69, 9.17) is 10.00 Å². The molecule has 1 aliphatic rings. The summed E-state index contributed by atoms with van der Waals surface area (Å²) in [6, 6.07) is 11.2. The maximum atomic E-state index is 14.1. The van der Waals surface area contributed by atoms with Gasteiger partial charge in [0, 0.05) is 24.9 Å². The molecule has 0 fully saturated rings. The number of fused-ring (bicyclic) bond motifs is 1. The van der Waals surface area contributed by atoms with Crippen LogP contribution in [0.25, 0.3) is 5.69 Å². The summed E-state index contributed by atoms with van der Waals surface area (Å²) >= 11 is 0. The molecule has 1 atom stereocenters.